The highest BCUT2D eigenvalue weighted by molar-refractivity contribution is 5.95. The van der Waals surface area contributed by atoms with E-state index in [0.717, 1.165) is 39.2 Å². The number of hydrogen-bond acceptors (Lipinski definition) is 5. The molecule has 0 unspecified atom stereocenters. The van der Waals surface area contributed by atoms with Gasteiger partial charge in [-0.05, 0) is 48.9 Å². The van der Waals surface area contributed by atoms with Crippen molar-refractivity contribution in [2.24, 2.45) is 5.10 Å². The minimum Gasteiger partial charge on any atom is -0.494 e. The summed E-state index contributed by atoms with van der Waals surface area (Å²) >= 11 is 0. The van der Waals surface area contributed by atoms with E-state index in [0.29, 0.717) is 6.61 Å². The van der Waals surface area contributed by atoms with Gasteiger partial charge in [0.15, 0.2) is 0 Å². The fraction of sp³-hybridized carbons (Fsp3) is 0.0870. The van der Waals surface area contributed by atoms with Crippen molar-refractivity contribution >= 4 is 22.8 Å². The number of anilines is 1. The summed E-state index contributed by atoms with van der Waals surface area (Å²) in [6.07, 6.45) is 5.25. The number of ether oxygens (including phenoxy) is 1. The van der Waals surface area contributed by atoms with Crippen molar-refractivity contribution in [2.45, 2.75) is 6.92 Å². The number of nitrogens with one attached hydrogen (secondary N) is 1. The molecule has 2 heterocycles. The Balaban J connectivity index is 1.75. The van der Waals surface area contributed by atoms with Crippen molar-refractivity contribution in [2.75, 3.05) is 12.0 Å². The van der Waals surface area contributed by atoms with E-state index in [1.54, 1.807) is 18.6 Å². The van der Waals surface area contributed by atoms with Gasteiger partial charge in [0.25, 0.3) is 0 Å². The van der Waals surface area contributed by atoms with Gasteiger partial charge in [-0.2, -0.15) is 5.10 Å². The zero-order valence-corrected chi connectivity index (χ0v) is 15.5. The molecule has 0 amide bonds. The van der Waals surface area contributed by atoms with Gasteiger partial charge < -0.3 is 4.74 Å². The van der Waals surface area contributed by atoms with Gasteiger partial charge in [-0.15, -0.1) is 0 Å². The lowest BCUT2D eigenvalue weighted by Crippen LogP contribution is -1.97. The Labute approximate surface area is 163 Å². The number of pyridine rings is 2. The summed E-state index contributed by atoms with van der Waals surface area (Å²) in [7, 11) is 0. The van der Waals surface area contributed by atoms with Crippen molar-refractivity contribution in [3.63, 3.8) is 0 Å². The molecule has 0 spiro atoms. The van der Waals surface area contributed by atoms with Gasteiger partial charge in [0.1, 0.15) is 5.75 Å². The van der Waals surface area contributed by atoms with Crippen molar-refractivity contribution < 1.29 is 4.74 Å². The summed E-state index contributed by atoms with van der Waals surface area (Å²) in [5.74, 6) is 0.811. The molecule has 138 valence electrons. The zero-order valence-electron chi connectivity index (χ0n) is 15.5. The molecule has 2 aromatic carbocycles. The SMILES string of the molecule is CCOc1ccc2nc(-c3ccccc3)cc(N/N=C/c3ccncc3)c2c1. The smallest absolute Gasteiger partial charge is 0.120 e. The monoisotopic (exact) mass is 368 g/mol. The van der Waals surface area contributed by atoms with E-state index >= 15 is 0 Å². The van der Waals surface area contributed by atoms with E-state index in [4.69, 9.17) is 9.72 Å². The third-order valence-corrected chi connectivity index (χ3v) is 4.27. The molecule has 0 aliphatic carbocycles. The van der Waals surface area contributed by atoms with Crippen molar-refractivity contribution in [1.29, 1.82) is 0 Å². The number of hydrogen-bond donors (Lipinski definition) is 1. The quantitative estimate of drug-likeness (QED) is 0.378. The zero-order chi connectivity index (χ0) is 19.2. The van der Waals surface area contributed by atoms with Crippen molar-refractivity contribution in [1.82, 2.24) is 9.97 Å². The minimum absolute atomic E-state index is 0.615. The maximum absolute atomic E-state index is 5.66. The Morgan fingerprint density at radius 2 is 1.82 bits per heavy atom. The second kappa shape index (κ2) is 8.31. The van der Waals surface area contributed by atoms with Crippen LogP contribution in [0.5, 0.6) is 5.75 Å². The van der Waals surface area contributed by atoms with Gasteiger partial charge in [-0.1, -0.05) is 30.3 Å². The minimum atomic E-state index is 0.615. The van der Waals surface area contributed by atoms with E-state index in [9.17, 15) is 0 Å². The lowest BCUT2D eigenvalue weighted by Gasteiger charge is -2.11. The Kier molecular flexibility index (Phi) is 5.24. The number of hydrazone groups is 1. The Hall–Kier alpha value is -3.73. The van der Waals surface area contributed by atoms with Crippen LogP contribution in [-0.4, -0.2) is 22.8 Å². The fourth-order valence-electron chi connectivity index (χ4n) is 2.94. The van der Waals surface area contributed by atoms with Crippen molar-refractivity contribution in [3.05, 3.63) is 84.7 Å². The van der Waals surface area contributed by atoms with Gasteiger partial charge in [0, 0.05) is 23.3 Å². The van der Waals surface area contributed by atoms with Crippen LogP contribution < -0.4 is 10.2 Å². The molecule has 0 aliphatic heterocycles. The van der Waals surface area contributed by atoms with Crippen LogP contribution in [-0.2, 0) is 0 Å². The number of fused-ring (bicyclic) bond motifs is 1. The molecule has 0 atom stereocenters. The van der Waals surface area contributed by atoms with Gasteiger partial charge in [-0.3, -0.25) is 10.4 Å². The predicted molar refractivity (Wildman–Crippen MR) is 114 cm³/mol. The van der Waals surface area contributed by atoms with Gasteiger partial charge in [0.2, 0.25) is 0 Å². The molecule has 0 fully saturated rings. The number of nitrogens with zero attached hydrogens (tertiary/aromatic N) is 3. The summed E-state index contributed by atoms with van der Waals surface area (Å²) in [5.41, 5.74) is 7.84. The van der Waals surface area contributed by atoms with Crippen molar-refractivity contribution in [3.8, 4) is 17.0 Å². The third kappa shape index (κ3) is 3.99. The molecule has 5 nitrogen and oxygen atoms in total. The molecule has 5 heteroatoms. The molecule has 0 aliphatic rings. The lowest BCUT2D eigenvalue weighted by atomic mass is 10.1. The summed E-state index contributed by atoms with van der Waals surface area (Å²) in [6, 6.07) is 21.8. The molecule has 2 aromatic heterocycles. The predicted octanol–water partition coefficient (Wildman–Crippen LogP) is 5.14. The number of aromatic nitrogens is 2. The third-order valence-electron chi connectivity index (χ3n) is 4.27. The van der Waals surface area contributed by atoms with Crippen LogP contribution in [0.1, 0.15) is 12.5 Å². The molecule has 0 radical (unpaired) electrons. The van der Waals surface area contributed by atoms with Crippen LogP contribution in [0, 0.1) is 0 Å². The topological polar surface area (TPSA) is 59.4 Å². The molecular weight excluding hydrogens is 348 g/mol. The molecule has 28 heavy (non-hydrogen) atoms. The van der Waals surface area contributed by atoms with E-state index < -0.39 is 0 Å². The largest absolute Gasteiger partial charge is 0.494 e. The van der Waals surface area contributed by atoms with E-state index in [-0.39, 0.29) is 0 Å². The molecule has 1 N–H and O–H groups in total. The molecular formula is C23H20N4O. The average Bonchev–Trinajstić information content (AvgIpc) is 2.75. The summed E-state index contributed by atoms with van der Waals surface area (Å²) in [4.78, 5) is 8.84. The van der Waals surface area contributed by atoms with Crippen LogP contribution in [0.3, 0.4) is 0 Å². The maximum Gasteiger partial charge on any atom is 0.120 e. The molecule has 4 rings (SSSR count). The average molecular weight is 368 g/mol. The standard InChI is InChI=1S/C23H20N4O/c1-2-28-19-8-9-21-20(14-19)23(27-25-16-17-10-12-24-13-11-17)15-22(26-21)18-6-4-3-5-7-18/h3-16H,2H2,1H3,(H,26,27)/b25-16+. The number of benzene rings is 2. The van der Waals surface area contributed by atoms with Gasteiger partial charge in [-0.25, -0.2) is 4.98 Å². The lowest BCUT2D eigenvalue weighted by molar-refractivity contribution is 0.340. The first kappa shape index (κ1) is 17.7. The highest BCUT2D eigenvalue weighted by atomic mass is 16.5. The first-order valence-electron chi connectivity index (χ1n) is 9.15. The van der Waals surface area contributed by atoms with E-state index in [1.807, 2.05) is 73.7 Å². The van der Waals surface area contributed by atoms with E-state index in [1.165, 1.54) is 0 Å². The van der Waals surface area contributed by atoms with Crippen LogP contribution in [0.4, 0.5) is 5.69 Å². The second-order valence-corrected chi connectivity index (χ2v) is 6.18. The number of rotatable bonds is 6. The summed E-state index contributed by atoms with van der Waals surface area (Å²) in [6.45, 7) is 2.59. The first-order valence-corrected chi connectivity index (χ1v) is 9.15. The fourth-order valence-corrected chi connectivity index (χ4v) is 2.94. The second-order valence-electron chi connectivity index (χ2n) is 6.18. The maximum atomic E-state index is 5.66. The first-order chi connectivity index (χ1) is 13.8. The van der Waals surface area contributed by atoms with Crippen LogP contribution >= 0.6 is 0 Å². The Morgan fingerprint density at radius 1 is 1.00 bits per heavy atom. The van der Waals surface area contributed by atoms with Gasteiger partial charge >= 0.3 is 0 Å². The van der Waals surface area contributed by atoms with Crippen LogP contribution in [0.15, 0.2) is 84.2 Å². The van der Waals surface area contributed by atoms with Crippen LogP contribution in [0.25, 0.3) is 22.2 Å². The van der Waals surface area contributed by atoms with Gasteiger partial charge in [0.05, 0.1) is 29.7 Å². The summed E-state index contributed by atoms with van der Waals surface area (Å²) < 4.78 is 5.66. The van der Waals surface area contributed by atoms with E-state index in [2.05, 4.69) is 15.5 Å². The molecule has 0 bridgehead atoms. The Bertz CT molecular complexity index is 1100. The molecule has 0 saturated carbocycles. The normalized spacial score (nSPS) is 11.0. The highest BCUT2D eigenvalue weighted by Gasteiger charge is 2.09. The molecule has 4 aromatic rings. The summed E-state index contributed by atoms with van der Waals surface area (Å²) in [5, 5.41) is 5.36. The van der Waals surface area contributed by atoms with Crippen LogP contribution in [0.2, 0.25) is 0 Å². The Morgan fingerprint density at radius 3 is 2.61 bits per heavy atom. The highest BCUT2D eigenvalue weighted by Crippen LogP contribution is 2.31. The molecule has 0 saturated heterocycles.